The van der Waals surface area contributed by atoms with E-state index in [9.17, 15) is 9.59 Å². The molecule has 0 bridgehead atoms. The molecule has 7 heteroatoms. The van der Waals surface area contributed by atoms with Gasteiger partial charge in [0.2, 0.25) is 11.9 Å². The summed E-state index contributed by atoms with van der Waals surface area (Å²) in [5.41, 5.74) is 3.41. The first kappa shape index (κ1) is 21.0. The molecule has 1 aliphatic heterocycles. The summed E-state index contributed by atoms with van der Waals surface area (Å²) in [5, 5.41) is 6.19. The van der Waals surface area contributed by atoms with Crippen LogP contribution in [0.5, 0.6) is 0 Å². The van der Waals surface area contributed by atoms with Crippen molar-refractivity contribution in [2.45, 2.75) is 64.1 Å². The van der Waals surface area contributed by atoms with Gasteiger partial charge in [-0.3, -0.25) is 9.59 Å². The summed E-state index contributed by atoms with van der Waals surface area (Å²) in [6, 6.07) is 5.94. The van der Waals surface area contributed by atoms with Gasteiger partial charge in [-0.2, -0.15) is 0 Å². The van der Waals surface area contributed by atoms with Gasteiger partial charge in [-0.1, -0.05) is 26.5 Å². The van der Waals surface area contributed by atoms with E-state index in [0.29, 0.717) is 29.7 Å². The van der Waals surface area contributed by atoms with Gasteiger partial charge in [-0.05, 0) is 60.9 Å². The fraction of sp³-hybridized carbons (Fsp3) is 0.417. The molecule has 2 heterocycles. The Labute approximate surface area is 183 Å². The number of nitrogens with zero attached hydrogens (tertiary/aromatic N) is 3. The molecule has 2 N–H and O–H groups in total. The summed E-state index contributed by atoms with van der Waals surface area (Å²) < 4.78 is 0. The predicted molar refractivity (Wildman–Crippen MR) is 121 cm³/mol. The quantitative estimate of drug-likeness (QED) is 0.688. The van der Waals surface area contributed by atoms with Crippen molar-refractivity contribution in [1.29, 1.82) is 0 Å². The second kappa shape index (κ2) is 8.88. The summed E-state index contributed by atoms with van der Waals surface area (Å²) >= 11 is 0. The molecule has 1 aromatic heterocycles. The van der Waals surface area contributed by atoms with Crippen LogP contribution in [0.4, 0.5) is 11.6 Å². The van der Waals surface area contributed by atoms with E-state index in [2.05, 4.69) is 41.0 Å². The Morgan fingerprint density at radius 3 is 2.74 bits per heavy atom. The smallest absolute Gasteiger partial charge is 0.254 e. The lowest BCUT2D eigenvalue weighted by Gasteiger charge is -2.35. The number of hydrogen-bond acceptors (Lipinski definition) is 5. The third-order valence-corrected chi connectivity index (χ3v) is 6.15. The van der Waals surface area contributed by atoms with Crippen LogP contribution in [0, 0.1) is 0 Å². The first-order chi connectivity index (χ1) is 14.9. The zero-order valence-corrected chi connectivity index (χ0v) is 18.1. The topological polar surface area (TPSA) is 87.2 Å². The summed E-state index contributed by atoms with van der Waals surface area (Å²) in [4.78, 5) is 35.6. The summed E-state index contributed by atoms with van der Waals surface area (Å²) in [5.74, 6) is 0.801. The second-order valence-electron chi connectivity index (χ2n) is 8.65. The van der Waals surface area contributed by atoms with Crippen molar-refractivity contribution in [1.82, 2.24) is 14.9 Å². The van der Waals surface area contributed by atoms with E-state index in [-0.39, 0.29) is 23.9 Å². The summed E-state index contributed by atoms with van der Waals surface area (Å²) in [7, 11) is 0. The van der Waals surface area contributed by atoms with Crippen molar-refractivity contribution in [2.75, 3.05) is 10.6 Å². The van der Waals surface area contributed by atoms with Crippen LogP contribution in [0.1, 0.15) is 66.9 Å². The van der Waals surface area contributed by atoms with Crippen molar-refractivity contribution in [3.63, 3.8) is 0 Å². The van der Waals surface area contributed by atoms with E-state index in [1.54, 1.807) is 6.07 Å². The third kappa shape index (κ3) is 4.60. The average Bonchev–Trinajstić information content (AvgIpc) is 3.10. The van der Waals surface area contributed by atoms with Gasteiger partial charge in [0.15, 0.2) is 0 Å². The molecule has 0 radical (unpaired) electrons. The number of nitrogens with one attached hydrogen (secondary N) is 2. The van der Waals surface area contributed by atoms with Gasteiger partial charge in [-0.15, -0.1) is 0 Å². The highest BCUT2D eigenvalue weighted by atomic mass is 16.2. The molecule has 0 spiro atoms. The molecule has 31 heavy (non-hydrogen) atoms. The molecule has 2 atom stereocenters. The van der Waals surface area contributed by atoms with E-state index >= 15 is 0 Å². The number of carbonyl (C=O) groups excluding carboxylic acids is 2. The Morgan fingerprint density at radius 2 is 2.03 bits per heavy atom. The second-order valence-corrected chi connectivity index (χ2v) is 8.65. The van der Waals surface area contributed by atoms with Crippen molar-refractivity contribution < 1.29 is 9.59 Å². The minimum atomic E-state index is -0.285. The molecular formula is C24H29N5O2. The molecule has 4 rings (SSSR count). The van der Waals surface area contributed by atoms with Crippen LogP contribution in [0.3, 0.4) is 0 Å². The number of carbonyl (C=O) groups is 2. The predicted octanol–water partition coefficient (Wildman–Crippen LogP) is 4.10. The molecule has 7 nitrogen and oxygen atoms in total. The van der Waals surface area contributed by atoms with Crippen molar-refractivity contribution in [3.8, 4) is 0 Å². The first-order valence-corrected chi connectivity index (χ1v) is 10.9. The van der Waals surface area contributed by atoms with Crippen LogP contribution in [-0.4, -0.2) is 38.8 Å². The van der Waals surface area contributed by atoms with E-state index < -0.39 is 0 Å². The minimum absolute atomic E-state index is 0.0351. The Bertz CT molecular complexity index is 986. The molecule has 0 saturated heterocycles. The number of hydrogen-bond donors (Lipinski definition) is 2. The highest BCUT2D eigenvalue weighted by Gasteiger charge is 2.35. The molecular weight excluding hydrogens is 390 g/mol. The van der Waals surface area contributed by atoms with E-state index in [1.807, 2.05) is 29.4 Å². The van der Waals surface area contributed by atoms with Crippen molar-refractivity contribution >= 4 is 23.5 Å². The number of benzene rings is 1. The maximum Gasteiger partial charge on any atom is 0.254 e. The molecule has 2 amide bonds. The Hall–Kier alpha value is -3.22. The lowest BCUT2D eigenvalue weighted by atomic mass is 9.90. The SMILES string of the molecule is C=CC(=O)Nc1ccc2c(c1)C(=O)N([C@H]1CCC[C@@H](Nc3ncc(C(C)C)cn3)C1)C2. The van der Waals surface area contributed by atoms with Gasteiger partial charge < -0.3 is 15.5 Å². The molecule has 1 fully saturated rings. The van der Waals surface area contributed by atoms with E-state index in [1.165, 1.54) is 6.08 Å². The van der Waals surface area contributed by atoms with Crippen molar-refractivity contribution in [2.24, 2.45) is 0 Å². The molecule has 2 aliphatic rings. The molecule has 1 saturated carbocycles. The van der Waals surface area contributed by atoms with Crippen LogP contribution in [-0.2, 0) is 11.3 Å². The maximum absolute atomic E-state index is 13.1. The van der Waals surface area contributed by atoms with Crippen molar-refractivity contribution in [3.05, 3.63) is 59.9 Å². The fourth-order valence-electron chi connectivity index (χ4n) is 4.36. The molecule has 1 aromatic carbocycles. The van der Waals surface area contributed by atoms with Gasteiger partial charge in [0.1, 0.15) is 0 Å². The van der Waals surface area contributed by atoms with Crippen LogP contribution < -0.4 is 10.6 Å². The zero-order chi connectivity index (χ0) is 22.0. The summed E-state index contributed by atoms with van der Waals surface area (Å²) in [6.45, 7) is 8.32. The number of amides is 2. The average molecular weight is 420 g/mol. The highest BCUT2D eigenvalue weighted by Crippen LogP contribution is 2.33. The number of rotatable bonds is 6. The van der Waals surface area contributed by atoms with Gasteiger partial charge in [-0.25, -0.2) is 9.97 Å². The van der Waals surface area contributed by atoms with Crippen LogP contribution in [0.25, 0.3) is 0 Å². The maximum atomic E-state index is 13.1. The zero-order valence-electron chi connectivity index (χ0n) is 18.1. The minimum Gasteiger partial charge on any atom is -0.351 e. The molecule has 2 aromatic rings. The Balaban J connectivity index is 1.41. The lowest BCUT2D eigenvalue weighted by molar-refractivity contribution is -0.111. The Kier molecular flexibility index (Phi) is 6.02. The fourth-order valence-corrected chi connectivity index (χ4v) is 4.36. The summed E-state index contributed by atoms with van der Waals surface area (Å²) in [6.07, 6.45) is 8.93. The van der Waals surface area contributed by atoms with Gasteiger partial charge in [0.25, 0.3) is 5.91 Å². The third-order valence-electron chi connectivity index (χ3n) is 6.15. The number of aromatic nitrogens is 2. The first-order valence-electron chi connectivity index (χ1n) is 10.9. The monoisotopic (exact) mass is 419 g/mol. The highest BCUT2D eigenvalue weighted by molar-refractivity contribution is 6.02. The van der Waals surface area contributed by atoms with Crippen LogP contribution in [0.2, 0.25) is 0 Å². The number of anilines is 2. The van der Waals surface area contributed by atoms with Crippen LogP contribution >= 0.6 is 0 Å². The Morgan fingerprint density at radius 1 is 1.26 bits per heavy atom. The van der Waals surface area contributed by atoms with Gasteiger partial charge >= 0.3 is 0 Å². The molecule has 1 aliphatic carbocycles. The van der Waals surface area contributed by atoms with E-state index in [0.717, 1.165) is 36.8 Å². The largest absolute Gasteiger partial charge is 0.351 e. The standard InChI is InChI=1S/C24H29N5O2/c1-4-22(30)27-19-9-8-16-14-29(23(31)21(16)11-19)20-7-5-6-18(10-20)28-24-25-12-17(13-26-24)15(2)3/h4,8-9,11-13,15,18,20H,1,5-7,10,14H2,2-3H3,(H,27,30)(H,25,26,28)/t18-,20+/m1/s1. The lowest BCUT2D eigenvalue weighted by Crippen LogP contribution is -2.42. The number of fused-ring (bicyclic) bond motifs is 1. The van der Waals surface area contributed by atoms with Gasteiger partial charge in [0, 0.05) is 42.3 Å². The molecule has 162 valence electrons. The van der Waals surface area contributed by atoms with Gasteiger partial charge in [0.05, 0.1) is 0 Å². The van der Waals surface area contributed by atoms with Crippen LogP contribution in [0.15, 0.2) is 43.2 Å². The normalized spacial score (nSPS) is 20.5. The molecule has 0 unspecified atom stereocenters. The van der Waals surface area contributed by atoms with E-state index in [4.69, 9.17) is 0 Å².